The fraction of sp³-hybridized carbons (Fsp3) is 0.222. The van der Waals surface area contributed by atoms with Crippen molar-refractivity contribution in [3.05, 3.63) is 29.3 Å². The normalized spacial score (nSPS) is 8.77. The van der Waals surface area contributed by atoms with Crippen molar-refractivity contribution < 1.29 is 9.53 Å². The molecular formula is C9H12ClNO2. The van der Waals surface area contributed by atoms with Crippen molar-refractivity contribution in [2.24, 2.45) is 0 Å². The van der Waals surface area contributed by atoms with Gasteiger partial charge >= 0.3 is 5.97 Å². The van der Waals surface area contributed by atoms with Crippen LogP contribution in [0.4, 0.5) is 5.69 Å². The van der Waals surface area contributed by atoms with E-state index in [0.29, 0.717) is 11.3 Å². The van der Waals surface area contributed by atoms with E-state index in [2.05, 4.69) is 4.74 Å². The number of nitrogens with two attached hydrogens (primary N) is 1. The molecule has 0 aliphatic rings. The van der Waals surface area contributed by atoms with Gasteiger partial charge in [-0.05, 0) is 30.7 Å². The summed E-state index contributed by atoms with van der Waals surface area (Å²) in [6.45, 7) is 1.88. The van der Waals surface area contributed by atoms with Gasteiger partial charge in [-0.1, -0.05) is 0 Å². The summed E-state index contributed by atoms with van der Waals surface area (Å²) in [7, 11) is 1.35. The van der Waals surface area contributed by atoms with Crippen LogP contribution in [-0.2, 0) is 4.74 Å². The van der Waals surface area contributed by atoms with E-state index in [-0.39, 0.29) is 18.4 Å². The van der Waals surface area contributed by atoms with Crippen LogP contribution in [0.15, 0.2) is 18.2 Å². The molecule has 2 N–H and O–H groups in total. The number of halogens is 1. The Kier molecular flexibility index (Phi) is 4.28. The van der Waals surface area contributed by atoms with E-state index in [0.717, 1.165) is 5.56 Å². The van der Waals surface area contributed by atoms with Crippen LogP contribution in [0.3, 0.4) is 0 Å². The second kappa shape index (κ2) is 4.72. The molecule has 0 bridgehead atoms. The minimum Gasteiger partial charge on any atom is -0.465 e. The molecular weight excluding hydrogens is 190 g/mol. The summed E-state index contributed by atoms with van der Waals surface area (Å²) in [6.07, 6.45) is 0. The molecule has 1 aromatic carbocycles. The Balaban J connectivity index is 0.00000144. The number of methoxy groups -OCH3 is 1. The van der Waals surface area contributed by atoms with Gasteiger partial charge in [0.15, 0.2) is 0 Å². The number of carbonyl (C=O) groups excluding carboxylic acids is 1. The summed E-state index contributed by atoms with van der Waals surface area (Å²) in [6, 6.07) is 5.13. The van der Waals surface area contributed by atoms with E-state index in [9.17, 15) is 4.79 Å². The van der Waals surface area contributed by atoms with Crippen molar-refractivity contribution in [1.29, 1.82) is 0 Å². The number of aryl methyl sites for hydroxylation is 1. The predicted octanol–water partition coefficient (Wildman–Crippen LogP) is 1.79. The number of carbonyl (C=O) groups is 1. The molecule has 0 spiro atoms. The maximum absolute atomic E-state index is 11.0. The third-order valence-electron chi connectivity index (χ3n) is 1.52. The van der Waals surface area contributed by atoms with Crippen LogP contribution in [0.25, 0.3) is 0 Å². The van der Waals surface area contributed by atoms with Gasteiger partial charge in [-0.15, -0.1) is 12.4 Å². The SMILES string of the molecule is COC(=O)c1cc(C)cc(N)c1.Cl. The first kappa shape index (κ1) is 11.8. The van der Waals surface area contributed by atoms with Crippen LogP contribution in [0.5, 0.6) is 0 Å². The molecule has 0 heterocycles. The molecule has 0 aliphatic carbocycles. The Hall–Kier alpha value is -1.22. The van der Waals surface area contributed by atoms with Crippen molar-refractivity contribution in [3.63, 3.8) is 0 Å². The van der Waals surface area contributed by atoms with E-state index in [4.69, 9.17) is 5.73 Å². The molecule has 0 aliphatic heterocycles. The zero-order valence-electron chi connectivity index (χ0n) is 7.53. The zero-order valence-corrected chi connectivity index (χ0v) is 8.35. The van der Waals surface area contributed by atoms with Gasteiger partial charge < -0.3 is 10.5 Å². The van der Waals surface area contributed by atoms with Gasteiger partial charge in [0.05, 0.1) is 12.7 Å². The first-order valence-electron chi connectivity index (χ1n) is 3.59. The molecule has 0 saturated heterocycles. The van der Waals surface area contributed by atoms with Gasteiger partial charge in [0.2, 0.25) is 0 Å². The molecule has 4 heteroatoms. The second-order valence-corrected chi connectivity index (χ2v) is 2.62. The molecule has 3 nitrogen and oxygen atoms in total. The maximum Gasteiger partial charge on any atom is 0.337 e. The monoisotopic (exact) mass is 201 g/mol. The Morgan fingerprint density at radius 3 is 2.46 bits per heavy atom. The predicted molar refractivity (Wildman–Crippen MR) is 54.2 cm³/mol. The van der Waals surface area contributed by atoms with E-state index < -0.39 is 0 Å². The van der Waals surface area contributed by atoms with E-state index in [1.807, 2.05) is 6.92 Å². The average Bonchev–Trinajstić information content (AvgIpc) is 2.01. The van der Waals surface area contributed by atoms with Crippen LogP contribution in [0.1, 0.15) is 15.9 Å². The van der Waals surface area contributed by atoms with Crippen LogP contribution >= 0.6 is 12.4 Å². The van der Waals surface area contributed by atoms with E-state index in [1.54, 1.807) is 18.2 Å². The summed E-state index contributed by atoms with van der Waals surface area (Å²) in [5, 5.41) is 0. The Morgan fingerprint density at radius 2 is 2.00 bits per heavy atom. The molecule has 13 heavy (non-hydrogen) atoms. The minimum atomic E-state index is -0.356. The summed E-state index contributed by atoms with van der Waals surface area (Å²) < 4.78 is 4.55. The number of ether oxygens (including phenoxy) is 1. The lowest BCUT2D eigenvalue weighted by atomic mass is 10.1. The Bertz CT molecular complexity index is 292. The Labute approximate surface area is 83.3 Å². The molecule has 0 saturated carbocycles. The van der Waals surface area contributed by atoms with Crippen LogP contribution in [0.2, 0.25) is 0 Å². The lowest BCUT2D eigenvalue weighted by molar-refractivity contribution is 0.0600. The minimum absolute atomic E-state index is 0. The highest BCUT2D eigenvalue weighted by Gasteiger charge is 2.05. The number of nitrogen functional groups attached to an aromatic ring is 1. The quantitative estimate of drug-likeness (QED) is 0.557. The third-order valence-corrected chi connectivity index (χ3v) is 1.52. The second-order valence-electron chi connectivity index (χ2n) is 2.62. The van der Waals surface area contributed by atoms with Crippen LogP contribution in [0, 0.1) is 6.92 Å². The standard InChI is InChI=1S/C9H11NO2.ClH/c1-6-3-7(9(11)12-2)5-8(10)4-6;/h3-5H,10H2,1-2H3;1H. The molecule has 0 unspecified atom stereocenters. The van der Waals surface area contributed by atoms with Crippen LogP contribution < -0.4 is 5.73 Å². The number of hydrogen-bond donors (Lipinski definition) is 1. The number of anilines is 1. The summed E-state index contributed by atoms with van der Waals surface area (Å²) in [5.41, 5.74) is 7.57. The molecule has 0 amide bonds. The Morgan fingerprint density at radius 1 is 1.38 bits per heavy atom. The lowest BCUT2D eigenvalue weighted by Gasteiger charge is -2.01. The fourth-order valence-electron chi connectivity index (χ4n) is 1.05. The number of hydrogen-bond acceptors (Lipinski definition) is 3. The molecule has 1 rings (SSSR count). The number of esters is 1. The van der Waals surface area contributed by atoms with Crippen molar-refractivity contribution in [3.8, 4) is 0 Å². The highest BCUT2D eigenvalue weighted by molar-refractivity contribution is 5.90. The topological polar surface area (TPSA) is 52.3 Å². The summed E-state index contributed by atoms with van der Waals surface area (Å²) in [4.78, 5) is 11.0. The number of rotatable bonds is 1. The number of benzene rings is 1. The van der Waals surface area contributed by atoms with Gasteiger partial charge in [-0.25, -0.2) is 4.79 Å². The molecule has 1 aromatic rings. The first-order valence-corrected chi connectivity index (χ1v) is 3.59. The van der Waals surface area contributed by atoms with Gasteiger partial charge in [0.1, 0.15) is 0 Å². The van der Waals surface area contributed by atoms with Gasteiger partial charge in [-0.3, -0.25) is 0 Å². The molecule has 0 aromatic heterocycles. The van der Waals surface area contributed by atoms with Crippen molar-refractivity contribution in [2.45, 2.75) is 6.92 Å². The maximum atomic E-state index is 11.0. The lowest BCUT2D eigenvalue weighted by Crippen LogP contribution is -2.02. The fourth-order valence-corrected chi connectivity index (χ4v) is 1.05. The highest BCUT2D eigenvalue weighted by Crippen LogP contribution is 2.11. The zero-order chi connectivity index (χ0) is 9.14. The smallest absolute Gasteiger partial charge is 0.337 e. The molecule has 0 atom stereocenters. The van der Waals surface area contributed by atoms with Crippen molar-refractivity contribution >= 4 is 24.1 Å². The largest absolute Gasteiger partial charge is 0.465 e. The summed E-state index contributed by atoms with van der Waals surface area (Å²) in [5.74, 6) is -0.356. The molecule has 72 valence electrons. The van der Waals surface area contributed by atoms with Crippen molar-refractivity contribution in [2.75, 3.05) is 12.8 Å². The van der Waals surface area contributed by atoms with Crippen molar-refractivity contribution in [1.82, 2.24) is 0 Å². The van der Waals surface area contributed by atoms with Gasteiger partial charge in [0, 0.05) is 5.69 Å². The van der Waals surface area contributed by atoms with Gasteiger partial charge in [-0.2, -0.15) is 0 Å². The molecule has 0 fully saturated rings. The summed E-state index contributed by atoms with van der Waals surface area (Å²) >= 11 is 0. The van der Waals surface area contributed by atoms with E-state index in [1.165, 1.54) is 7.11 Å². The van der Waals surface area contributed by atoms with Gasteiger partial charge in [0.25, 0.3) is 0 Å². The molecule has 0 radical (unpaired) electrons. The third kappa shape index (κ3) is 2.95. The highest BCUT2D eigenvalue weighted by atomic mass is 35.5. The first-order chi connectivity index (χ1) is 5.63. The van der Waals surface area contributed by atoms with Crippen LogP contribution in [-0.4, -0.2) is 13.1 Å². The van der Waals surface area contributed by atoms with E-state index >= 15 is 0 Å². The average molecular weight is 202 g/mol.